The third-order valence-electron chi connectivity index (χ3n) is 5.21. The number of pyridine rings is 3. The number of fused-ring (bicyclic) bond motifs is 2. The predicted octanol–water partition coefficient (Wildman–Crippen LogP) is 2.03. The molecule has 4 aromatic rings. The molecular weight excluding hydrogens is 394 g/mol. The number of aromatic amines is 1. The number of rotatable bonds is 3. The highest BCUT2D eigenvalue weighted by Crippen LogP contribution is 2.27. The van der Waals surface area contributed by atoms with E-state index < -0.39 is 5.54 Å². The second kappa shape index (κ2) is 7.05. The molecule has 2 N–H and O–H groups in total. The first-order valence-electron chi connectivity index (χ1n) is 9.96. The largest absolute Gasteiger partial charge is 0.348 e. The van der Waals surface area contributed by atoms with E-state index in [1.807, 2.05) is 36.9 Å². The summed E-state index contributed by atoms with van der Waals surface area (Å²) in [4.78, 5) is 43.7. The van der Waals surface area contributed by atoms with Gasteiger partial charge in [0.15, 0.2) is 5.65 Å². The van der Waals surface area contributed by atoms with Gasteiger partial charge in [-0.25, -0.2) is 19.3 Å². The zero-order valence-electron chi connectivity index (χ0n) is 17.2. The minimum absolute atomic E-state index is 0.199. The molecule has 5 heterocycles. The van der Waals surface area contributed by atoms with Crippen molar-refractivity contribution in [2.45, 2.75) is 25.9 Å². The molecule has 4 aromatic heterocycles. The van der Waals surface area contributed by atoms with E-state index >= 15 is 0 Å². The molecule has 5 rings (SSSR count). The van der Waals surface area contributed by atoms with Gasteiger partial charge in [0.1, 0.15) is 11.6 Å². The van der Waals surface area contributed by atoms with Gasteiger partial charge in [-0.3, -0.25) is 14.8 Å². The summed E-state index contributed by atoms with van der Waals surface area (Å²) in [6.07, 6.45) is 3.36. The van der Waals surface area contributed by atoms with Gasteiger partial charge in [0.05, 0.1) is 28.9 Å². The fraction of sp³-hybridized carbons (Fsp3) is 0.227. The number of nitrogens with one attached hydrogen (secondary N) is 2. The Hall–Kier alpha value is -4.01. The Bertz CT molecular complexity index is 1340. The number of aromatic nitrogens is 5. The maximum absolute atomic E-state index is 12.9. The number of hydrogen-bond donors (Lipinski definition) is 2. The molecule has 0 bridgehead atoms. The Balaban J connectivity index is 1.67. The molecule has 0 atom stereocenters. The van der Waals surface area contributed by atoms with E-state index in [1.54, 1.807) is 36.7 Å². The number of H-pyrrole nitrogens is 1. The maximum Gasteiger partial charge on any atom is 0.333 e. The first-order chi connectivity index (χ1) is 14.9. The van der Waals surface area contributed by atoms with Gasteiger partial charge in [0, 0.05) is 18.9 Å². The van der Waals surface area contributed by atoms with E-state index in [0.717, 1.165) is 5.69 Å². The van der Waals surface area contributed by atoms with Gasteiger partial charge in [0.25, 0.3) is 5.91 Å². The van der Waals surface area contributed by atoms with Gasteiger partial charge in [-0.2, -0.15) is 0 Å². The van der Waals surface area contributed by atoms with Crippen molar-refractivity contribution in [2.75, 3.05) is 11.4 Å². The van der Waals surface area contributed by atoms with Crippen LogP contribution in [0.3, 0.4) is 0 Å². The van der Waals surface area contributed by atoms with Crippen molar-refractivity contribution in [1.29, 1.82) is 0 Å². The smallest absolute Gasteiger partial charge is 0.333 e. The summed E-state index contributed by atoms with van der Waals surface area (Å²) in [6.45, 7) is 4.95. The van der Waals surface area contributed by atoms with Crippen molar-refractivity contribution in [3.8, 4) is 5.82 Å². The Morgan fingerprint density at radius 2 is 1.87 bits per heavy atom. The van der Waals surface area contributed by atoms with E-state index in [9.17, 15) is 9.59 Å². The molecule has 0 radical (unpaired) electrons. The van der Waals surface area contributed by atoms with Crippen LogP contribution in [-0.4, -0.2) is 42.5 Å². The van der Waals surface area contributed by atoms with Crippen LogP contribution in [0.5, 0.6) is 0 Å². The maximum atomic E-state index is 12.9. The van der Waals surface area contributed by atoms with Crippen molar-refractivity contribution in [3.63, 3.8) is 0 Å². The van der Waals surface area contributed by atoms with Crippen LogP contribution in [0, 0.1) is 0 Å². The summed E-state index contributed by atoms with van der Waals surface area (Å²) in [5, 5.41) is 3.06. The number of carbonyl (C=O) groups is 1. The van der Waals surface area contributed by atoms with Crippen molar-refractivity contribution in [3.05, 3.63) is 76.6 Å². The van der Waals surface area contributed by atoms with Crippen LogP contribution >= 0.6 is 0 Å². The molecule has 0 spiro atoms. The van der Waals surface area contributed by atoms with Crippen molar-refractivity contribution >= 4 is 22.9 Å². The fourth-order valence-electron chi connectivity index (χ4n) is 3.93. The van der Waals surface area contributed by atoms with Crippen LogP contribution in [0.2, 0.25) is 0 Å². The van der Waals surface area contributed by atoms with Crippen molar-refractivity contribution < 1.29 is 4.79 Å². The third-order valence-corrected chi connectivity index (χ3v) is 5.21. The predicted molar refractivity (Wildman–Crippen MR) is 116 cm³/mol. The summed E-state index contributed by atoms with van der Waals surface area (Å²) in [7, 11) is 0. The minimum Gasteiger partial charge on any atom is -0.348 e. The molecule has 0 unspecified atom stereocenters. The lowest BCUT2D eigenvalue weighted by atomic mass is 10.1. The first kappa shape index (κ1) is 19.0. The summed E-state index contributed by atoms with van der Waals surface area (Å²) >= 11 is 0. The van der Waals surface area contributed by atoms with Crippen LogP contribution in [0.25, 0.3) is 17.0 Å². The second-order valence-corrected chi connectivity index (χ2v) is 8.19. The fourth-order valence-corrected chi connectivity index (χ4v) is 3.93. The first-order valence-corrected chi connectivity index (χ1v) is 9.96. The van der Waals surface area contributed by atoms with Crippen molar-refractivity contribution in [1.82, 2.24) is 29.8 Å². The molecule has 0 aliphatic carbocycles. The quantitative estimate of drug-likeness (QED) is 0.530. The molecular formula is C22H21N7O2. The number of imidazole rings is 1. The van der Waals surface area contributed by atoms with Crippen LogP contribution in [0.15, 0.2) is 59.7 Å². The van der Waals surface area contributed by atoms with Gasteiger partial charge in [-0.15, -0.1) is 0 Å². The molecule has 0 fully saturated rings. The number of carbonyl (C=O) groups excluding carboxylic acids is 1. The molecule has 1 amide bonds. The highest BCUT2D eigenvalue weighted by atomic mass is 16.2. The highest BCUT2D eigenvalue weighted by Gasteiger charge is 2.33. The Morgan fingerprint density at radius 3 is 2.68 bits per heavy atom. The van der Waals surface area contributed by atoms with Gasteiger partial charge < -0.3 is 10.2 Å². The topological polar surface area (TPSA) is 109 Å². The monoisotopic (exact) mass is 415 g/mol. The highest BCUT2D eigenvalue weighted by molar-refractivity contribution is 6.00. The lowest BCUT2D eigenvalue weighted by Gasteiger charge is -2.31. The van der Waals surface area contributed by atoms with Crippen LogP contribution in [0.4, 0.5) is 5.82 Å². The number of nitrogens with zero attached hydrogens (tertiary/aromatic N) is 5. The number of amides is 1. The SMILES string of the molecule is CC1(C)CN(Cc2ccccn2)c2nc(-n3c(=O)[nH]c4ncccc43)ccc2C(=O)N1. The Kier molecular flexibility index (Phi) is 4.32. The normalized spacial score (nSPS) is 15.4. The Morgan fingerprint density at radius 1 is 1.03 bits per heavy atom. The van der Waals surface area contributed by atoms with Gasteiger partial charge in [-0.05, 0) is 50.2 Å². The lowest BCUT2D eigenvalue weighted by molar-refractivity contribution is 0.0921. The minimum atomic E-state index is -0.478. The van der Waals surface area contributed by atoms with E-state index in [1.165, 1.54) is 4.57 Å². The van der Waals surface area contributed by atoms with E-state index in [0.29, 0.717) is 41.5 Å². The molecule has 0 aromatic carbocycles. The number of anilines is 1. The second-order valence-electron chi connectivity index (χ2n) is 8.19. The summed E-state index contributed by atoms with van der Waals surface area (Å²) < 4.78 is 1.47. The molecule has 1 aliphatic rings. The van der Waals surface area contributed by atoms with E-state index in [4.69, 9.17) is 4.98 Å². The zero-order chi connectivity index (χ0) is 21.6. The van der Waals surface area contributed by atoms with Crippen LogP contribution in [0.1, 0.15) is 29.9 Å². The zero-order valence-corrected chi connectivity index (χ0v) is 17.2. The Labute approximate surface area is 177 Å². The summed E-state index contributed by atoms with van der Waals surface area (Å²) in [5.74, 6) is 0.730. The molecule has 0 saturated carbocycles. The molecule has 0 saturated heterocycles. The van der Waals surface area contributed by atoms with Gasteiger partial charge >= 0.3 is 5.69 Å². The van der Waals surface area contributed by atoms with E-state index in [-0.39, 0.29) is 11.6 Å². The molecule has 1 aliphatic heterocycles. The average Bonchev–Trinajstić information content (AvgIpc) is 3.04. The third kappa shape index (κ3) is 3.43. The lowest BCUT2D eigenvalue weighted by Crippen LogP contribution is -2.49. The van der Waals surface area contributed by atoms with Crippen LogP contribution < -0.4 is 15.9 Å². The molecule has 9 nitrogen and oxygen atoms in total. The summed E-state index contributed by atoms with van der Waals surface area (Å²) in [5.41, 5.74) is 1.60. The molecule has 156 valence electrons. The van der Waals surface area contributed by atoms with Gasteiger partial charge in [0.2, 0.25) is 0 Å². The van der Waals surface area contributed by atoms with Crippen molar-refractivity contribution in [2.24, 2.45) is 0 Å². The van der Waals surface area contributed by atoms with E-state index in [2.05, 4.69) is 20.3 Å². The van der Waals surface area contributed by atoms with Crippen LogP contribution in [-0.2, 0) is 6.54 Å². The van der Waals surface area contributed by atoms with Gasteiger partial charge in [-0.1, -0.05) is 6.07 Å². The molecule has 31 heavy (non-hydrogen) atoms. The average molecular weight is 415 g/mol. The number of hydrogen-bond acceptors (Lipinski definition) is 6. The molecule has 9 heteroatoms. The standard InChI is InChI=1S/C22H21N7O2/c1-22(2)13-28(12-14-6-3-4-10-23-14)19-15(20(30)27-22)8-9-17(25-19)29-16-7-5-11-24-18(16)26-21(29)31/h3-11H,12-13H2,1-2H3,(H,27,30)(H,24,26,31). The summed E-state index contributed by atoms with van der Waals surface area (Å²) in [6, 6.07) is 12.7.